The Morgan fingerprint density at radius 2 is 2.10 bits per heavy atom. The van der Waals surface area contributed by atoms with Crippen molar-refractivity contribution in [1.82, 2.24) is 9.88 Å². The zero-order valence-electron chi connectivity index (χ0n) is 12.7. The zero-order valence-corrected chi connectivity index (χ0v) is 13.5. The Hall–Kier alpha value is -1.43. The smallest absolute Gasteiger partial charge is 0.346 e. The average Bonchev–Trinajstić information content (AvgIpc) is 2.84. The molecule has 0 saturated carbocycles. The van der Waals surface area contributed by atoms with Gasteiger partial charge < -0.3 is 10.6 Å². The summed E-state index contributed by atoms with van der Waals surface area (Å²) in [5.74, 6) is 0.713. The molecule has 0 aromatic carbocycles. The lowest BCUT2D eigenvalue weighted by atomic mass is 9.98. The number of aliphatic imine (C=N–C) groups is 1. The van der Waals surface area contributed by atoms with E-state index >= 15 is 0 Å². The second-order valence-corrected chi connectivity index (χ2v) is 7.45. The maximum Gasteiger partial charge on any atom is 0.346 e. The molecule has 0 fully saturated rings. The number of aromatic nitrogens is 1. The molecule has 110 valence electrons. The molecule has 0 aliphatic carbocycles. The molecule has 2 heterocycles. The number of hydrogen-bond acceptors (Lipinski definition) is 4. The third-order valence-electron chi connectivity index (χ3n) is 3.07. The summed E-state index contributed by atoms with van der Waals surface area (Å²) >= 11 is 1.61. The Bertz CT molecular complexity index is 542. The van der Waals surface area contributed by atoms with Crippen molar-refractivity contribution in [1.29, 1.82) is 0 Å². The third kappa shape index (κ3) is 2.85. The summed E-state index contributed by atoms with van der Waals surface area (Å²) in [6, 6.07) is -0.566. The van der Waals surface area contributed by atoms with Gasteiger partial charge in [0, 0.05) is 17.3 Å². The van der Waals surface area contributed by atoms with Crippen LogP contribution in [0.1, 0.15) is 51.4 Å². The van der Waals surface area contributed by atoms with Gasteiger partial charge in [-0.3, -0.25) is 0 Å². The molecule has 2 amide bonds. The molecule has 0 saturated heterocycles. The topological polar surface area (TPSA) is 71.6 Å². The lowest BCUT2D eigenvalue weighted by Crippen LogP contribution is -2.36. The molecule has 1 aromatic rings. The normalized spacial score (nSPS) is 19.9. The summed E-state index contributed by atoms with van der Waals surface area (Å²) in [5.41, 5.74) is 6.76. The van der Waals surface area contributed by atoms with Crippen LogP contribution >= 0.6 is 11.3 Å². The maximum atomic E-state index is 11.9. The minimum absolute atomic E-state index is 0.000310. The van der Waals surface area contributed by atoms with Crippen molar-refractivity contribution in [2.45, 2.75) is 46.1 Å². The number of amidine groups is 1. The molecule has 1 unspecified atom stereocenters. The van der Waals surface area contributed by atoms with Crippen LogP contribution in [-0.2, 0) is 5.41 Å². The van der Waals surface area contributed by atoms with E-state index in [9.17, 15) is 4.79 Å². The van der Waals surface area contributed by atoms with E-state index in [2.05, 4.69) is 44.6 Å². The number of nitrogens with zero attached hydrogens (tertiary/aromatic N) is 3. The van der Waals surface area contributed by atoms with Gasteiger partial charge >= 0.3 is 6.03 Å². The molecule has 5 nitrogen and oxygen atoms in total. The third-order valence-corrected chi connectivity index (χ3v) is 4.35. The van der Waals surface area contributed by atoms with Gasteiger partial charge in [-0.15, -0.1) is 11.3 Å². The number of hydrogen-bond donors (Lipinski definition) is 1. The van der Waals surface area contributed by atoms with E-state index in [1.165, 1.54) is 0 Å². The lowest BCUT2D eigenvalue weighted by molar-refractivity contribution is 0.198. The highest BCUT2D eigenvalue weighted by Gasteiger charge is 2.36. The number of urea groups is 1. The first kappa shape index (κ1) is 15.0. The van der Waals surface area contributed by atoms with E-state index in [4.69, 9.17) is 5.73 Å². The van der Waals surface area contributed by atoms with Gasteiger partial charge in [-0.05, 0) is 5.92 Å². The minimum atomic E-state index is -0.308. The van der Waals surface area contributed by atoms with Crippen LogP contribution in [0, 0.1) is 5.92 Å². The fourth-order valence-electron chi connectivity index (χ4n) is 2.15. The molecular formula is C14H22N4OS. The van der Waals surface area contributed by atoms with Gasteiger partial charge in [0.15, 0.2) is 0 Å². The second kappa shape index (κ2) is 5.16. The van der Waals surface area contributed by atoms with E-state index in [0.717, 1.165) is 10.7 Å². The molecule has 20 heavy (non-hydrogen) atoms. The summed E-state index contributed by atoms with van der Waals surface area (Å²) in [5, 5.41) is 3.03. The Morgan fingerprint density at radius 1 is 1.45 bits per heavy atom. The van der Waals surface area contributed by atoms with E-state index in [0.29, 0.717) is 18.3 Å². The van der Waals surface area contributed by atoms with Crippen LogP contribution in [0.25, 0.3) is 0 Å². The van der Waals surface area contributed by atoms with E-state index in [1.807, 2.05) is 5.38 Å². The van der Waals surface area contributed by atoms with Crippen LogP contribution < -0.4 is 5.73 Å². The first-order valence-corrected chi connectivity index (χ1v) is 7.68. The van der Waals surface area contributed by atoms with Crippen molar-refractivity contribution in [3.05, 3.63) is 16.1 Å². The Balaban J connectivity index is 2.31. The standard InChI is InChI=1S/C14H22N4OS/c1-8(2)6-18-10(11(15)17-13(18)19)9-7-20-12(16-9)14(3,4)5/h7-8,10H,6H2,1-5H3,(H2,15,17,19). The molecule has 1 aromatic heterocycles. The van der Waals surface area contributed by atoms with Crippen LogP contribution in [0.2, 0.25) is 0 Å². The Kier molecular flexibility index (Phi) is 3.86. The monoisotopic (exact) mass is 294 g/mol. The number of thiazole rings is 1. The van der Waals surface area contributed by atoms with Crippen molar-refractivity contribution in [3.8, 4) is 0 Å². The molecule has 0 bridgehead atoms. The molecule has 6 heteroatoms. The molecule has 0 spiro atoms. The summed E-state index contributed by atoms with van der Waals surface area (Å²) < 4.78 is 0. The fraction of sp³-hybridized carbons (Fsp3) is 0.643. The van der Waals surface area contributed by atoms with Crippen LogP contribution in [0.15, 0.2) is 10.4 Å². The van der Waals surface area contributed by atoms with Gasteiger partial charge in [-0.1, -0.05) is 34.6 Å². The highest BCUT2D eigenvalue weighted by atomic mass is 32.1. The number of carbonyl (C=O) groups excluding carboxylic acids is 1. The fourth-order valence-corrected chi connectivity index (χ4v) is 3.08. The van der Waals surface area contributed by atoms with Crippen molar-refractivity contribution in [2.75, 3.05) is 6.54 Å². The van der Waals surface area contributed by atoms with E-state index < -0.39 is 0 Å². The zero-order chi connectivity index (χ0) is 15.1. The summed E-state index contributed by atoms with van der Waals surface area (Å²) in [4.78, 5) is 22.2. The number of nitrogens with two attached hydrogens (primary N) is 1. The summed E-state index contributed by atoms with van der Waals surface area (Å²) in [6.45, 7) is 11.1. The van der Waals surface area contributed by atoms with Gasteiger partial charge in [-0.25, -0.2) is 9.78 Å². The van der Waals surface area contributed by atoms with Gasteiger partial charge in [0.05, 0.1) is 10.7 Å². The predicted octanol–water partition coefficient (Wildman–Crippen LogP) is 2.93. The molecule has 1 atom stereocenters. The van der Waals surface area contributed by atoms with E-state index in [-0.39, 0.29) is 17.5 Å². The van der Waals surface area contributed by atoms with Crippen molar-refractivity contribution < 1.29 is 4.79 Å². The van der Waals surface area contributed by atoms with Gasteiger partial charge in [0.1, 0.15) is 11.9 Å². The van der Waals surface area contributed by atoms with Crippen molar-refractivity contribution in [2.24, 2.45) is 16.6 Å². The van der Waals surface area contributed by atoms with Crippen LogP contribution in [-0.4, -0.2) is 28.3 Å². The van der Waals surface area contributed by atoms with Gasteiger partial charge in [0.2, 0.25) is 0 Å². The van der Waals surface area contributed by atoms with Crippen molar-refractivity contribution in [3.63, 3.8) is 0 Å². The lowest BCUT2D eigenvalue weighted by Gasteiger charge is -2.24. The minimum Gasteiger partial charge on any atom is -0.385 e. The first-order chi connectivity index (χ1) is 9.20. The SMILES string of the molecule is CC(C)CN1C(=O)N=C(N)C1c1csc(C(C)(C)C)n1. The number of amides is 2. The second-order valence-electron chi connectivity index (χ2n) is 6.60. The Morgan fingerprint density at radius 3 is 2.60 bits per heavy atom. The Labute approximate surface area is 123 Å². The molecule has 0 radical (unpaired) electrons. The molecule has 1 aliphatic heterocycles. The van der Waals surface area contributed by atoms with Gasteiger partial charge in [-0.2, -0.15) is 4.99 Å². The predicted molar refractivity (Wildman–Crippen MR) is 82.1 cm³/mol. The average molecular weight is 294 g/mol. The van der Waals surface area contributed by atoms with Crippen LogP contribution in [0.3, 0.4) is 0 Å². The molecule has 2 N–H and O–H groups in total. The number of rotatable bonds is 3. The summed E-state index contributed by atoms with van der Waals surface area (Å²) in [6.07, 6.45) is 0. The summed E-state index contributed by atoms with van der Waals surface area (Å²) in [7, 11) is 0. The van der Waals surface area contributed by atoms with Gasteiger partial charge in [0.25, 0.3) is 0 Å². The largest absolute Gasteiger partial charge is 0.385 e. The molecular weight excluding hydrogens is 272 g/mol. The van der Waals surface area contributed by atoms with Crippen LogP contribution in [0.4, 0.5) is 4.79 Å². The number of carbonyl (C=O) groups is 1. The molecule has 2 rings (SSSR count). The first-order valence-electron chi connectivity index (χ1n) is 6.80. The maximum absolute atomic E-state index is 11.9. The highest BCUT2D eigenvalue weighted by Crippen LogP contribution is 2.32. The molecule has 1 aliphatic rings. The van der Waals surface area contributed by atoms with Crippen molar-refractivity contribution >= 4 is 23.2 Å². The van der Waals surface area contributed by atoms with E-state index in [1.54, 1.807) is 16.2 Å². The quantitative estimate of drug-likeness (QED) is 0.931. The highest BCUT2D eigenvalue weighted by molar-refractivity contribution is 7.09. The van der Waals surface area contributed by atoms with Crippen LogP contribution in [0.5, 0.6) is 0 Å².